The van der Waals surface area contributed by atoms with Crippen LogP contribution in [-0.2, 0) is 20.0 Å². The Bertz CT molecular complexity index is 894. The van der Waals surface area contributed by atoms with Crippen molar-refractivity contribution in [1.29, 1.82) is 0 Å². The zero-order valence-electron chi connectivity index (χ0n) is 13.7. The molecule has 3 rings (SSSR count). The molecule has 0 N–H and O–H groups in total. The number of ether oxygens (including phenoxy) is 2. The quantitative estimate of drug-likeness (QED) is 0.681. The molecule has 0 saturated carbocycles. The summed E-state index contributed by atoms with van der Waals surface area (Å²) >= 11 is 0. The van der Waals surface area contributed by atoms with E-state index in [1.54, 1.807) is 43.3 Å². The number of aromatic nitrogens is 4. The minimum atomic E-state index is -0.498. The first-order valence-corrected chi connectivity index (χ1v) is 7.40. The largest absolute Gasteiger partial charge is 0.493 e. The Morgan fingerprint density at radius 1 is 1.17 bits per heavy atom. The molecule has 0 radical (unpaired) electrons. The SMILES string of the molecule is COc1ccc(-c2noc(=O)n2CCc2ccnn2C)cc1OC. The van der Waals surface area contributed by atoms with Crippen LogP contribution in [0.2, 0.25) is 0 Å². The Kier molecular flexibility index (Phi) is 4.37. The molecule has 0 spiro atoms. The van der Waals surface area contributed by atoms with Crippen LogP contribution in [0.3, 0.4) is 0 Å². The summed E-state index contributed by atoms with van der Waals surface area (Å²) in [5.41, 5.74) is 1.73. The topological polar surface area (TPSA) is 84.3 Å². The minimum absolute atomic E-state index is 0.436. The second-order valence-corrected chi connectivity index (χ2v) is 5.19. The second-order valence-electron chi connectivity index (χ2n) is 5.19. The number of nitrogens with zero attached hydrogens (tertiary/aromatic N) is 4. The number of aryl methyl sites for hydroxylation is 2. The van der Waals surface area contributed by atoms with E-state index in [-0.39, 0.29) is 0 Å². The molecule has 24 heavy (non-hydrogen) atoms. The van der Waals surface area contributed by atoms with Crippen molar-refractivity contribution in [3.8, 4) is 22.9 Å². The molecule has 0 atom stereocenters. The van der Waals surface area contributed by atoms with Gasteiger partial charge < -0.3 is 9.47 Å². The fraction of sp³-hybridized carbons (Fsp3) is 0.312. The molecule has 8 heteroatoms. The predicted molar refractivity (Wildman–Crippen MR) is 86.2 cm³/mol. The van der Waals surface area contributed by atoms with E-state index >= 15 is 0 Å². The van der Waals surface area contributed by atoms with Crippen LogP contribution in [0.25, 0.3) is 11.4 Å². The maximum atomic E-state index is 12.0. The minimum Gasteiger partial charge on any atom is -0.493 e. The number of hydrogen-bond donors (Lipinski definition) is 0. The lowest BCUT2D eigenvalue weighted by Crippen LogP contribution is -2.17. The zero-order valence-corrected chi connectivity index (χ0v) is 13.7. The third-order valence-electron chi connectivity index (χ3n) is 3.84. The van der Waals surface area contributed by atoms with Crippen molar-refractivity contribution in [2.75, 3.05) is 14.2 Å². The summed E-state index contributed by atoms with van der Waals surface area (Å²) in [5.74, 6) is 1.11. The summed E-state index contributed by atoms with van der Waals surface area (Å²) in [6, 6.07) is 7.24. The van der Waals surface area contributed by atoms with Gasteiger partial charge in [0.25, 0.3) is 0 Å². The Balaban J connectivity index is 1.92. The van der Waals surface area contributed by atoms with E-state index in [1.165, 1.54) is 4.57 Å². The van der Waals surface area contributed by atoms with E-state index in [1.807, 2.05) is 13.1 Å². The molecular weight excluding hydrogens is 312 g/mol. The normalized spacial score (nSPS) is 10.8. The molecule has 0 aliphatic carbocycles. The van der Waals surface area contributed by atoms with Gasteiger partial charge in [-0.25, -0.2) is 4.79 Å². The molecule has 0 unspecified atom stereocenters. The van der Waals surface area contributed by atoms with Gasteiger partial charge in [0.15, 0.2) is 17.3 Å². The standard InChI is InChI=1S/C16H18N4O4/c1-19-12(6-8-17-19)7-9-20-15(18-24-16(20)21)11-4-5-13(22-2)14(10-11)23-3/h4-6,8,10H,7,9H2,1-3H3. The molecule has 2 heterocycles. The third-order valence-corrected chi connectivity index (χ3v) is 3.84. The van der Waals surface area contributed by atoms with Gasteiger partial charge in [-0.2, -0.15) is 5.10 Å². The van der Waals surface area contributed by atoms with Gasteiger partial charge in [0.1, 0.15) is 0 Å². The highest BCUT2D eigenvalue weighted by molar-refractivity contribution is 5.61. The maximum absolute atomic E-state index is 12.0. The first-order chi connectivity index (χ1) is 11.6. The van der Waals surface area contributed by atoms with Gasteiger partial charge >= 0.3 is 5.76 Å². The summed E-state index contributed by atoms with van der Waals surface area (Å²) in [7, 11) is 4.98. The van der Waals surface area contributed by atoms with Crippen molar-refractivity contribution in [2.45, 2.75) is 13.0 Å². The lowest BCUT2D eigenvalue weighted by atomic mass is 10.2. The second kappa shape index (κ2) is 6.61. The van der Waals surface area contributed by atoms with Crippen molar-refractivity contribution in [3.05, 3.63) is 46.7 Å². The van der Waals surface area contributed by atoms with Crippen LogP contribution in [0.4, 0.5) is 0 Å². The highest BCUT2D eigenvalue weighted by Gasteiger charge is 2.15. The van der Waals surface area contributed by atoms with E-state index in [9.17, 15) is 4.79 Å². The van der Waals surface area contributed by atoms with Crippen molar-refractivity contribution in [1.82, 2.24) is 19.5 Å². The monoisotopic (exact) mass is 330 g/mol. The van der Waals surface area contributed by atoms with E-state index in [4.69, 9.17) is 14.0 Å². The van der Waals surface area contributed by atoms with Gasteiger partial charge in [-0.05, 0) is 24.3 Å². The van der Waals surface area contributed by atoms with Crippen molar-refractivity contribution in [2.24, 2.45) is 7.05 Å². The average Bonchev–Trinajstić information content (AvgIpc) is 3.17. The van der Waals surface area contributed by atoms with Crippen LogP contribution in [0, 0.1) is 0 Å². The number of hydrogen-bond acceptors (Lipinski definition) is 6. The number of methoxy groups -OCH3 is 2. The zero-order chi connectivity index (χ0) is 17.1. The number of rotatable bonds is 6. The van der Waals surface area contributed by atoms with E-state index < -0.39 is 5.76 Å². The van der Waals surface area contributed by atoms with Crippen LogP contribution in [0.15, 0.2) is 39.8 Å². The molecule has 0 amide bonds. The van der Waals surface area contributed by atoms with Gasteiger partial charge in [-0.3, -0.25) is 13.8 Å². The molecule has 1 aromatic carbocycles. The molecule has 126 valence electrons. The Labute approximate surface area is 138 Å². The highest BCUT2D eigenvalue weighted by atomic mass is 16.5. The smallest absolute Gasteiger partial charge is 0.441 e. The van der Waals surface area contributed by atoms with Gasteiger partial charge in [0.2, 0.25) is 0 Å². The maximum Gasteiger partial charge on any atom is 0.441 e. The van der Waals surface area contributed by atoms with E-state index in [2.05, 4.69) is 10.3 Å². The Morgan fingerprint density at radius 3 is 2.62 bits per heavy atom. The van der Waals surface area contributed by atoms with E-state index in [0.717, 1.165) is 5.69 Å². The van der Waals surface area contributed by atoms with Crippen molar-refractivity contribution < 1.29 is 14.0 Å². The first-order valence-electron chi connectivity index (χ1n) is 7.40. The summed E-state index contributed by atoms with van der Waals surface area (Å²) < 4.78 is 18.6. The van der Waals surface area contributed by atoms with Crippen molar-refractivity contribution in [3.63, 3.8) is 0 Å². The lowest BCUT2D eigenvalue weighted by molar-refractivity contribution is 0.355. The van der Waals surface area contributed by atoms with Crippen LogP contribution < -0.4 is 15.2 Å². The molecule has 0 aliphatic rings. The fourth-order valence-electron chi connectivity index (χ4n) is 2.52. The summed E-state index contributed by atoms with van der Waals surface area (Å²) in [4.78, 5) is 12.0. The lowest BCUT2D eigenvalue weighted by Gasteiger charge is -2.09. The fourth-order valence-corrected chi connectivity index (χ4v) is 2.52. The first kappa shape index (κ1) is 15.9. The van der Waals surface area contributed by atoms with Crippen LogP contribution in [0.5, 0.6) is 11.5 Å². The molecule has 0 aliphatic heterocycles. The highest BCUT2D eigenvalue weighted by Crippen LogP contribution is 2.31. The summed E-state index contributed by atoms with van der Waals surface area (Å²) in [5, 5.41) is 8.02. The molecule has 0 saturated heterocycles. The van der Waals surface area contributed by atoms with Gasteiger partial charge in [-0.1, -0.05) is 5.16 Å². The summed E-state index contributed by atoms with van der Waals surface area (Å²) in [6.45, 7) is 0.436. The number of benzene rings is 1. The molecule has 0 bridgehead atoms. The molecule has 2 aromatic heterocycles. The average molecular weight is 330 g/mol. The van der Waals surface area contributed by atoms with Gasteiger partial charge in [0.05, 0.1) is 14.2 Å². The molecule has 3 aromatic rings. The van der Waals surface area contributed by atoms with E-state index in [0.29, 0.717) is 35.9 Å². The van der Waals surface area contributed by atoms with Gasteiger partial charge in [-0.15, -0.1) is 0 Å². The van der Waals surface area contributed by atoms with Crippen LogP contribution in [-0.4, -0.2) is 33.7 Å². The van der Waals surface area contributed by atoms with Crippen LogP contribution in [0.1, 0.15) is 5.69 Å². The molecule has 8 nitrogen and oxygen atoms in total. The third kappa shape index (κ3) is 2.90. The van der Waals surface area contributed by atoms with Gasteiger partial charge in [0, 0.05) is 37.5 Å². The van der Waals surface area contributed by atoms with Crippen molar-refractivity contribution >= 4 is 0 Å². The Morgan fingerprint density at radius 2 is 1.96 bits per heavy atom. The Hall–Kier alpha value is -3.03. The molecule has 0 fully saturated rings. The predicted octanol–water partition coefficient (Wildman–Crippen LogP) is 1.50. The molecular formula is C16H18N4O4. The summed E-state index contributed by atoms with van der Waals surface area (Å²) in [6.07, 6.45) is 2.36. The van der Waals surface area contributed by atoms with Crippen LogP contribution >= 0.6 is 0 Å².